The molecule has 1 saturated heterocycles. The Hall–Kier alpha value is -1.73. The van der Waals surface area contributed by atoms with Crippen LogP contribution in [0, 0.1) is 0 Å². The van der Waals surface area contributed by atoms with Gasteiger partial charge in [-0.3, -0.25) is 9.69 Å². The van der Waals surface area contributed by atoms with E-state index in [-0.39, 0.29) is 5.91 Å². The lowest BCUT2D eigenvalue weighted by atomic mass is 10.0. The second-order valence-electron chi connectivity index (χ2n) is 5.26. The van der Waals surface area contributed by atoms with Gasteiger partial charge in [-0.05, 0) is 20.0 Å². The Morgan fingerprint density at radius 2 is 1.95 bits per heavy atom. The van der Waals surface area contributed by atoms with Gasteiger partial charge < -0.3 is 16.0 Å². The molecule has 0 aromatic carbocycles. The molecule has 110 valence electrons. The van der Waals surface area contributed by atoms with E-state index in [1.165, 1.54) is 0 Å². The molecule has 7 nitrogen and oxygen atoms in total. The van der Waals surface area contributed by atoms with Gasteiger partial charge in [0.05, 0.1) is 0 Å². The van der Waals surface area contributed by atoms with Crippen LogP contribution in [0.3, 0.4) is 0 Å². The van der Waals surface area contributed by atoms with Crippen LogP contribution >= 0.6 is 0 Å². The molecule has 1 aliphatic rings. The minimum atomic E-state index is -0.689. The molecule has 0 bridgehead atoms. The molecule has 3 N–H and O–H groups in total. The molecule has 0 saturated carbocycles. The standard InChI is InChI=1S/C13H22N6O/c1-13(15-2,11(14)20)10-18-6-8-19(9-7-18)12-16-4-3-5-17-12/h3-5,15H,6-10H2,1-2H3,(H2,14,20). The quantitative estimate of drug-likeness (QED) is 0.723. The summed E-state index contributed by atoms with van der Waals surface area (Å²) in [4.78, 5) is 24.4. The van der Waals surface area contributed by atoms with Crippen molar-refractivity contribution >= 4 is 11.9 Å². The molecule has 1 fully saturated rings. The maximum atomic E-state index is 11.5. The number of hydrogen-bond donors (Lipinski definition) is 2. The minimum Gasteiger partial charge on any atom is -0.368 e. The first-order valence-electron chi connectivity index (χ1n) is 6.78. The Kier molecular flexibility index (Phi) is 4.51. The van der Waals surface area contributed by atoms with Crippen molar-refractivity contribution in [3.05, 3.63) is 18.5 Å². The third-order valence-corrected chi connectivity index (χ3v) is 3.84. The van der Waals surface area contributed by atoms with Crippen molar-refractivity contribution in [2.75, 3.05) is 44.7 Å². The van der Waals surface area contributed by atoms with Crippen LogP contribution in [0.2, 0.25) is 0 Å². The summed E-state index contributed by atoms with van der Waals surface area (Å²) in [6.07, 6.45) is 3.50. The summed E-state index contributed by atoms with van der Waals surface area (Å²) >= 11 is 0. The highest BCUT2D eigenvalue weighted by Crippen LogP contribution is 2.12. The van der Waals surface area contributed by atoms with Crippen LogP contribution in [0.4, 0.5) is 5.95 Å². The van der Waals surface area contributed by atoms with Crippen LogP contribution in [-0.4, -0.2) is 66.1 Å². The topological polar surface area (TPSA) is 87.4 Å². The number of aromatic nitrogens is 2. The van der Waals surface area contributed by atoms with E-state index in [4.69, 9.17) is 5.73 Å². The van der Waals surface area contributed by atoms with Crippen LogP contribution in [0.1, 0.15) is 6.92 Å². The van der Waals surface area contributed by atoms with Gasteiger partial charge in [-0.15, -0.1) is 0 Å². The molecule has 2 rings (SSSR count). The molecule has 1 atom stereocenters. The number of amides is 1. The summed E-state index contributed by atoms with van der Waals surface area (Å²) in [6, 6.07) is 1.81. The van der Waals surface area contributed by atoms with Gasteiger partial charge in [0, 0.05) is 45.1 Å². The van der Waals surface area contributed by atoms with Crippen molar-refractivity contribution in [3.8, 4) is 0 Å². The fourth-order valence-corrected chi connectivity index (χ4v) is 2.29. The summed E-state index contributed by atoms with van der Waals surface area (Å²) in [5.74, 6) is 0.437. The Bertz CT molecular complexity index is 445. The van der Waals surface area contributed by atoms with Crippen molar-refractivity contribution in [1.29, 1.82) is 0 Å². The number of likely N-dealkylation sites (N-methyl/N-ethyl adjacent to an activating group) is 1. The first-order valence-corrected chi connectivity index (χ1v) is 6.78. The molecule has 0 spiro atoms. The van der Waals surface area contributed by atoms with E-state index in [1.54, 1.807) is 19.4 Å². The highest BCUT2D eigenvalue weighted by atomic mass is 16.1. The molecule has 1 aromatic rings. The number of anilines is 1. The molecule has 1 aliphatic heterocycles. The normalized spacial score (nSPS) is 19.6. The number of nitrogens with one attached hydrogen (secondary N) is 1. The summed E-state index contributed by atoms with van der Waals surface area (Å²) in [5.41, 5.74) is 4.77. The molecule has 1 unspecified atom stereocenters. The fourth-order valence-electron chi connectivity index (χ4n) is 2.29. The second-order valence-corrected chi connectivity index (χ2v) is 5.26. The molecule has 20 heavy (non-hydrogen) atoms. The Morgan fingerprint density at radius 3 is 2.45 bits per heavy atom. The van der Waals surface area contributed by atoms with Crippen molar-refractivity contribution in [3.63, 3.8) is 0 Å². The predicted molar refractivity (Wildman–Crippen MR) is 77.3 cm³/mol. The largest absolute Gasteiger partial charge is 0.368 e. The highest BCUT2D eigenvalue weighted by Gasteiger charge is 2.32. The smallest absolute Gasteiger partial charge is 0.238 e. The Labute approximate surface area is 119 Å². The van der Waals surface area contributed by atoms with Crippen molar-refractivity contribution in [2.45, 2.75) is 12.5 Å². The van der Waals surface area contributed by atoms with Crippen LogP contribution in [0.5, 0.6) is 0 Å². The van der Waals surface area contributed by atoms with Gasteiger partial charge in [0.1, 0.15) is 5.54 Å². The van der Waals surface area contributed by atoms with Gasteiger partial charge in [0.2, 0.25) is 11.9 Å². The lowest BCUT2D eigenvalue weighted by Crippen LogP contribution is -2.60. The SMILES string of the molecule is CNC(C)(CN1CCN(c2ncccn2)CC1)C(N)=O. The third-order valence-electron chi connectivity index (χ3n) is 3.84. The van der Waals surface area contributed by atoms with E-state index in [0.717, 1.165) is 32.1 Å². The van der Waals surface area contributed by atoms with Crippen LogP contribution in [0.25, 0.3) is 0 Å². The average molecular weight is 278 g/mol. The summed E-state index contributed by atoms with van der Waals surface area (Å²) in [7, 11) is 1.76. The highest BCUT2D eigenvalue weighted by molar-refractivity contribution is 5.84. The summed E-state index contributed by atoms with van der Waals surface area (Å²) < 4.78 is 0. The fraction of sp³-hybridized carbons (Fsp3) is 0.615. The average Bonchev–Trinajstić information content (AvgIpc) is 2.48. The monoisotopic (exact) mass is 278 g/mol. The lowest BCUT2D eigenvalue weighted by Gasteiger charge is -2.38. The number of piperazine rings is 1. The van der Waals surface area contributed by atoms with E-state index in [9.17, 15) is 4.79 Å². The first kappa shape index (κ1) is 14.7. The zero-order chi connectivity index (χ0) is 14.6. The number of primary amides is 1. The first-order chi connectivity index (χ1) is 9.55. The molecular weight excluding hydrogens is 256 g/mol. The number of carbonyl (C=O) groups excluding carboxylic acids is 1. The van der Waals surface area contributed by atoms with Gasteiger partial charge in [0.15, 0.2) is 0 Å². The summed E-state index contributed by atoms with van der Waals surface area (Å²) in [5, 5.41) is 3.01. The van der Waals surface area contributed by atoms with Gasteiger partial charge in [-0.1, -0.05) is 0 Å². The number of nitrogens with two attached hydrogens (primary N) is 1. The number of nitrogens with zero attached hydrogens (tertiary/aromatic N) is 4. The lowest BCUT2D eigenvalue weighted by molar-refractivity contribution is -0.124. The maximum Gasteiger partial charge on any atom is 0.238 e. The van der Waals surface area contributed by atoms with Crippen molar-refractivity contribution in [1.82, 2.24) is 20.2 Å². The van der Waals surface area contributed by atoms with E-state index in [2.05, 4.69) is 25.1 Å². The molecular formula is C13H22N6O. The zero-order valence-corrected chi connectivity index (χ0v) is 12.0. The zero-order valence-electron chi connectivity index (χ0n) is 12.0. The van der Waals surface area contributed by atoms with Gasteiger partial charge in [-0.2, -0.15) is 0 Å². The van der Waals surface area contributed by atoms with Crippen molar-refractivity contribution in [2.24, 2.45) is 5.73 Å². The molecule has 1 aromatic heterocycles. The van der Waals surface area contributed by atoms with E-state index < -0.39 is 5.54 Å². The maximum absolute atomic E-state index is 11.5. The van der Waals surface area contributed by atoms with Crippen molar-refractivity contribution < 1.29 is 4.79 Å². The van der Waals surface area contributed by atoms with Gasteiger partial charge in [0.25, 0.3) is 0 Å². The Morgan fingerprint density at radius 1 is 1.35 bits per heavy atom. The number of rotatable bonds is 5. The molecule has 0 radical (unpaired) electrons. The number of carbonyl (C=O) groups is 1. The van der Waals surface area contributed by atoms with Crippen LogP contribution in [-0.2, 0) is 4.79 Å². The number of hydrogen-bond acceptors (Lipinski definition) is 6. The summed E-state index contributed by atoms with van der Waals surface area (Å²) in [6.45, 7) is 5.88. The molecule has 2 heterocycles. The van der Waals surface area contributed by atoms with E-state index in [0.29, 0.717) is 6.54 Å². The third kappa shape index (κ3) is 3.23. The van der Waals surface area contributed by atoms with Crippen LogP contribution in [0.15, 0.2) is 18.5 Å². The molecule has 1 amide bonds. The molecule has 0 aliphatic carbocycles. The molecule has 7 heteroatoms. The van der Waals surface area contributed by atoms with Gasteiger partial charge >= 0.3 is 0 Å². The van der Waals surface area contributed by atoms with Crippen LogP contribution < -0.4 is 16.0 Å². The Balaban J connectivity index is 1.90. The second kappa shape index (κ2) is 6.15. The predicted octanol–water partition coefficient (Wildman–Crippen LogP) is -0.938. The minimum absolute atomic E-state index is 0.325. The van der Waals surface area contributed by atoms with E-state index in [1.807, 2.05) is 13.0 Å². The van der Waals surface area contributed by atoms with E-state index >= 15 is 0 Å². The van der Waals surface area contributed by atoms with Gasteiger partial charge in [-0.25, -0.2) is 9.97 Å².